The van der Waals surface area contributed by atoms with Crippen molar-refractivity contribution in [2.45, 2.75) is 39.0 Å². The molecule has 0 aromatic heterocycles. The van der Waals surface area contributed by atoms with Crippen LogP contribution >= 0.6 is 15.9 Å². The highest BCUT2D eigenvalue weighted by atomic mass is 79.9. The molecule has 1 aromatic carbocycles. The lowest BCUT2D eigenvalue weighted by atomic mass is 10.0. The second kappa shape index (κ2) is 6.01. The second-order valence-corrected chi connectivity index (χ2v) is 12.2. The van der Waals surface area contributed by atoms with Gasteiger partial charge in [-0.15, -0.1) is 0 Å². The fourth-order valence-corrected chi connectivity index (χ4v) is 5.01. The Labute approximate surface area is 110 Å². The Hall–Kier alpha value is -0.0831. The third-order valence-electron chi connectivity index (χ3n) is 2.76. The van der Waals surface area contributed by atoms with Gasteiger partial charge in [0.2, 0.25) is 0 Å². The molecule has 0 aliphatic carbocycles. The van der Waals surface area contributed by atoms with Crippen molar-refractivity contribution < 1.29 is 0 Å². The average molecular weight is 299 g/mol. The van der Waals surface area contributed by atoms with Crippen LogP contribution in [0, 0.1) is 12.8 Å². The molecule has 0 radical (unpaired) electrons. The number of aryl methyl sites for hydroxylation is 1. The molecule has 0 nitrogen and oxygen atoms in total. The molecule has 0 amide bonds. The SMILES string of the molecule is Cc1ccc(CC(CBr)C[Si](C)(C)C)cc1. The van der Waals surface area contributed by atoms with E-state index in [1.807, 2.05) is 0 Å². The third-order valence-corrected chi connectivity index (χ3v) is 5.48. The molecule has 0 aliphatic heterocycles. The topological polar surface area (TPSA) is 0 Å². The van der Waals surface area contributed by atoms with Crippen molar-refractivity contribution in [3.63, 3.8) is 0 Å². The Balaban J connectivity index is 2.60. The molecular formula is C14H23BrSi. The van der Waals surface area contributed by atoms with E-state index in [0.717, 1.165) is 11.2 Å². The van der Waals surface area contributed by atoms with Crippen molar-refractivity contribution in [1.29, 1.82) is 0 Å². The molecule has 0 fully saturated rings. The molecule has 1 aromatic rings. The largest absolute Gasteiger partial charge is 0.0925 e. The maximum atomic E-state index is 3.66. The van der Waals surface area contributed by atoms with Crippen molar-refractivity contribution in [1.82, 2.24) is 0 Å². The van der Waals surface area contributed by atoms with E-state index in [1.165, 1.54) is 23.6 Å². The summed E-state index contributed by atoms with van der Waals surface area (Å²) in [4.78, 5) is 0. The van der Waals surface area contributed by atoms with Crippen LogP contribution in [0.2, 0.25) is 25.7 Å². The highest BCUT2D eigenvalue weighted by molar-refractivity contribution is 9.09. The zero-order valence-electron chi connectivity index (χ0n) is 10.9. The first-order valence-electron chi connectivity index (χ1n) is 6.02. The van der Waals surface area contributed by atoms with E-state index in [0.29, 0.717) is 0 Å². The molecule has 0 N–H and O–H groups in total. The van der Waals surface area contributed by atoms with Gasteiger partial charge in [-0.3, -0.25) is 0 Å². The van der Waals surface area contributed by atoms with Crippen LogP contribution in [-0.4, -0.2) is 13.4 Å². The van der Waals surface area contributed by atoms with E-state index in [1.54, 1.807) is 0 Å². The normalized spacial score (nSPS) is 13.8. The van der Waals surface area contributed by atoms with E-state index >= 15 is 0 Å². The Bertz CT molecular complexity index is 311. The van der Waals surface area contributed by atoms with Crippen molar-refractivity contribution >= 4 is 24.0 Å². The summed E-state index contributed by atoms with van der Waals surface area (Å²) in [6.07, 6.45) is 1.22. The molecule has 0 saturated carbocycles. The van der Waals surface area contributed by atoms with Crippen LogP contribution in [0.1, 0.15) is 11.1 Å². The highest BCUT2D eigenvalue weighted by Crippen LogP contribution is 2.22. The molecule has 16 heavy (non-hydrogen) atoms. The number of benzene rings is 1. The average Bonchev–Trinajstić information content (AvgIpc) is 2.18. The summed E-state index contributed by atoms with van der Waals surface area (Å²) < 4.78 is 0. The van der Waals surface area contributed by atoms with E-state index in [4.69, 9.17) is 0 Å². The quantitative estimate of drug-likeness (QED) is 0.536. The fraction of sp³-hybridized carbons (Fsp3) is 0.571. The maximum Gasteiger partial charge on any atom is 0.0445 e. The van der Waals surface area contributed by atoms with Gasteiger partial charge in [-0.2, -0.15) is 0 Å². The number of rotatable bonds is 5. The number of alkyl halides is 1. The van der Waals surface area contributed by atoms with Crippen molar-refractivity contribution in [2.75, 3.05) is 5.33 Å². The Morgan fingerprint density at radius 2 is 1.69 bits per heavy atom. The lowest BCUT2D eigenvalue weighted by Gasteiger charge is -2.23. The third kappa shape index (κ3) is 5.31. The molecule has 1 unspecified atom stereocenters. The van der Waals surface area contributed by atoms with Gasteiger partial charge < -0.3 is 0 Å². The van der Waals surface area contributed by atoms with E-state index in [2.05, 4.69) is 66.8 Å². The monoisotopic (exact) mass is 298 g/mol. The Kier molecular flexibility index (Phi) is 5.26. The van der Waals surface area contributed by atoms with Gasteiger partial charge in [0.05, 0.1) is 0 Å². The molecule has 0 heterocycles. The van der Waals surface area contributed by atoms with Crippen LogP contribution < -0.4 is 0 Å². The predicted octanol–water partition coefficient (Wildman–Crippen LogP) is 4.89. The van der Waals surface area contributed by atoms with Gasteiger partial charge in [0.1, 0.15) is 0 Å². The lowest BCUT2D eigenvalue weighted by molar-refractivity contribution is 0.651. The smallest absolute Gasteiger partial charge is 0.0445 e. The number of halogens is 1. The first-order valence-corrected chi connectivity index (χ1v) is 10.8. The first-order chi connectivity index (χ1) is 7.40. The highest BCUT2D eigenvalue weighted by Gasteiger charge is 2.19. The zero-order chi connectivity index (χ0) is 12.2. The van der Waals surface area contributed by atoms with Gasteiger partial charge in [-0.05, 0) is 24.8 Å². The zero-order valence-corrected chi connectivity index (χ0v) is 13.5. The van der Waals surface area contributed by atoms with Crippen molar-refractivity contribution in [3.05, 3.63) is 35.4 Å². The second-order valence-electron chi connectivity index (χ2n) is 5.97. The van der Waals surface area contributed by atoms with Crippen LogP contribution in [-0.2, 0) is 6.42 Å². The Morgan fingerprint density at radius 1 is 1.12 bits per heavy atom. The minimum Gasteiger partial charge on any atom is -0.0925 e. The summed E-state index contributed by atoms with van der Waals surface area (Å²) in [6.45, 7) is 9.52. The summed E-state index contributed by atoms with van der Waals surface area (Å²) in [5.74, 6) is 0.800. The van der Waals surface area contributed by atoms with Crippen LogP contribution in [0.15, 0.2) is 24.3 Å². The van der Waals surface area contributed by atoms with Gasteiger partial charge in [-0.1, -0.05) is 71.4 Å². The van der Waals surface area contributed by atoms with Crippen molar-refractivity contribution in [2.24, 2.45) is 5.92 Å². The molecule has 0 saturated heterocycles. The van der Waals surface area contributed by atoms with Gasteiger partial charge in [-0.25, -0.2) is 0 Å². The summed E-state index contributed by atoms with van der Waals surface area (Å²) in [6, 6.07) is 10.4. The minimum absolute atomic E-state index is 0.800. The summed E-state index contributed by atoms with van der Waals surface area (Å²) in [5, 5.41) is 1.13. The molecule has 0 aliphatic rings. The predicted molar refractivity (Wildman–Crippen MR) is 80.3 cm³/mol. The van der Waals surface area contributed by atoms with Crippen LogP contribution in [0.4, 0.5) is 0 Å². The van der Waals surface area contributed by atoms with Gasteiger partial charge in [0, 0.05) is 13.4 Å². The van der Waals surface area contributed by atoms with Crippen LogP contribution in [0.3, 0.4) is 0 Å². The molecule has 0 bridgehead atoms. The molecular weight excluding hydrogens is 276 g/mol. The molecule has 90 valence electrons. The van der Waals surface area contributed by atoms with Crippen LogP contribution in [0.25, 0.3) is 0 Å². The molecule has 2 heteroatoms. The summed E-state index contributed by atoms with van der Waals surface area (Å²) in [5.41, 5.74) is 2.83. The van der Waals surface area contributed by atoms with Crippen molar-refractivity contribution in [3.8, 4) is 0 Å². The number of hydrogen-bond acceptors (Lipinski definition) is 0. The van der Waals surface area contributed by atoms with E-state index in [9.17, 15) is 0 Å². The van der Waals surface area contributed by atoms with Gasteiger partial charge >= 0.3 is 0 Å². The van der Waals surface area contributed by atoms with Gasteiger partial charge in [0.15, 0.2) is 0 Å². The Morgan fingerprint density at radius 3 is 2.12 bits per heavy atom. The number of hydrogen-bond donors (Lipinski definition) is 0. The summed E-state index contributed by atoms with van der Waals surface area (Å²) in [7, 11) is -0.936. The van der Waals surface area contributed by atoms with E-state index in [-0.39, 0.29) is 0 Å². The molecule has 1 rings (SSSR count). The maximum absolute atomic E-state index is 3.66. The van der Waals surface area contributed by atoms with Gasteiger partial charge in [0.25, 0.3) is 0 Å². The standard InChI is InChI=1S/C14H23BrSi/c1-12-5-7-13(8-6-12)9-14(10-15)11-16(2,3)4/h5-8,14H,9-11H2,1-4H3. The molecule has 0 spiro atoms. The summed E-state index contributed by atoms with van der Waals surface area (Å²) >= 11 is 3.66. The molecule has 1 atom stereocenters. The van der Waals surface area contributed by atoms with Crippen LogP contribution in [0.5, 0.6) is 0 Å². The lowest BCUT2D eigenvalue weighted by Crippen LogP contribution is -2.25. The minimum atomic E-state index is -0.936. The van der Waals surface area contributed by atoms with E-state index < -0.39 is 8.07 Å². The first kappa shape index (κ1) is 14.0. The fourth-order valence-electron chi connectivity index (χ4n) is 2.10.